The van der Waals surface area contributed by atoms with E-state index in [1.54, 1.807) is 7.11 Å². The van der Waals surface area contributed by atoms with Gasteiger partial charge in [-0.05, 0) is 34.8 Å². The Labute approximate surface area is 97.1 Å². The lowest BCUT2D eigenvalue weighted by molar-refractivity contribution is 0.0842. The van der Waals surface area contributed by atoms with Gasteiger partial charge in [0.05, 0.1) is 17.3 Å². The van der Waals surface area contributed by atoms with Gasteiger partial charge in [0.1, 0.15) is 0 Å². The summed E-state index contributed by atoms with van der Waals surface area (Å²) in [5, 5.41) is 8.19. The van der Waals surface area contributed by atoms with Gasteiger partial charge < -0.3 is 9.47 Å². The summed E-state index contributed by atoms with van der Waals surface area (Å²) in [5.41, 5.74) is 1.02. The third-order valence-corrected chi connectivity index (χ3v) is 3.14. The van der Waals surface area contributed by atoms with Crippen molar-refractivity contribution in [2.75, 3.05) is 20.3 Å². The van der Waals surface area contributed by atoms with E-state index in [2.05, 4.69) is 26.1 Å². The van der Waals surface area contributed by atoms with Crippen LogP contribution in [0.1, 0.15) is 24.5 Å². The van der Waals surface area contributed by atoms with Crippen LogP contribution in [0.4, 0.5) is 0 Å². The van der Waals surface area contributed by atoms with Crippen molar-refractivity contribution in [1.29, 1.82) is 0 Å². The minimum Gasteiger partial charge on any atom is -0.479 e. The summed E-state index contributed by atoms with van der Waals surface area (Å²) in [5.74, 6) is 0.999. The van der Waals surface area contributed by atoms with Crippen molar-refractivity contribution < 1.29 is 9.47 Å². The molecule has 5 heteroatoms. The van der Waals surface area contributed by atoms with E-state index in [1.165, 1.54) is 0 Å². The molecule has 15 heavy (non-hydrogen) atoms. The Morgan fingerprint density at radius 3 is 2.73 bits per heavy atom. The molecule has 1 aliphatic heterocycles. The fraction of sp³-hybridized carbons (Fsp3) is 0.600. The van der Waals surface area contributed by atoms with E-state index in [4.69, 9.17) is 9.47 Å². The number of aromatic nitrogens is 2. The summed E-state index contributed by atoms with van der Waals surface area (Å²) >= 11 is 3.42. The number of halogens is 1. The molecule has 0 saturated carbocycles. The lowest BCUT2D eigenvalue weighted by Crippen LogP contribution is -2.15. The van der Waals surface area contributed by atoms with Crippen molar-refractivity contribution in [2.24, 2.45) is 0 Å². The first-order valence-electron chi connectivity index (χ1n) is 4.96. The Bertz CT molecular complexity index is 340. The molecule has 82 valence electrons. The van der Waals surface area contributed by atoms with E-state index in [9.17, 15) is 0 Å². The Kier molecular flexibility index (Phi) is 3.53. The molecule has 0 aliphatic carbocycles. The smallest absolute Gasteiger partial charge is 0.247 e. The summed E-state index contributed by atoms with van der Waals surface area (Å²) in [6.45, 7) is 1.63. The summed E-state index contributed by atoms with van der Waals surface area (Å²) < 4.78 is 11.2. The molecular formula is C10H13BrN2O2. The second-order valence-electron chi connectivity index (χ2n) is 3.51. The van der Waals surface area contributed by atoms with Crippen molar-refractivity contribution in [3.63, 3.8) is 0 Å². The van der Waals surface area contributed by atoms with Crippen LogP contribution in [-0.4, -0.2) is 30.5 Å². The van der Waals surface area contributed by atoms with Crippen LogP contribution < -0.4 is 4.74 Å². The topological polar surface area (TPSA) is 44.2 Å². The zero-order valence-corrected chi connectivity index (χ0v) is 10.2. The summed E-state index contributed by atoms with van der Waals surface area (Å²) in [7, 11) is 1.59. The van der Waals surface area contributed by atoms with Gasteiger partial charge in [0.25, 0.3) is 0 Å². The number of methoxy groups -OCH3 is 1. The van der Waals surface area contributed by atoms with Crippen LogP contribution in [-0.2, 0) is 4.74 Å². The number of ether oxygens (including phenoxy) is 2. The monoisotopic (exact) mass is 272 g/mol. The van der Waals surface area contributed by atoms with E-state index < -0.39 is 0 Å². The fourth-order valence-corrected chi connectivity index (χ4v) is 2.18. The van der Waals surface area contributed by atoms with Crippen LogP contribution in [0.2, 0.25) is 0 Å². The average molecular weight is 273 g/mol. The highest BCUT2D eigenvalue weighted by Gasteiger charge is 2.18. The summed E-state index contributed by atoms with van der Waals surface area (Å²) in [6, 6.07) is 1.99. The van der Waals surface area contributed by atoms with Gasteiger partial charge in [0.15, 0.2) is 0 Å². The molecule has 0 bridgehead atoms. The molecule has 0 amide bonds. The molecule has 2 rings (SSSR count). The first-order valence-corrected chi connectivity index (χ1v) is 5.75. The third-order valence-electron chi connectivity index (χ3n) is 2.57. The van der Waals surface area contributed by atoms with Crippen molar-refractivity contribution in [3.8, 4) is 5.88 Å². The second-order valence-corrected chi connectivity index (χ2v) is 4.37. The molecule has 0 radical (unpaired) electrons. The van der Waals surface area contributed by atoms with Gasteiger partial charge in [-0.25, -0.2) is 0 Å². The molecule has 0 spiro atoms. The Hall–Kier alpha value is -0.680. The van der Waals surface area contributed by atoms with Crippen molar-refractivity contribution in [2.45, 2.75) is 18.8 Å². The van der Waals surface area contributed by atoms with Crippen LogP contribution >= 0.6 is 15.9 Å². The lowest BCUT2D eigenvalue weighted by Gasteiger charge is -2.21. The maximum atomic E-state index is 5.31. The maximum Gasteiger partial charge on any atom is 0.247 e. The molecule has 0 N–H and O–H groups in total. The van der Waals surface area contributed by atoms with Gasteiger partial charge in [-0.15, -0.1) is 5.10 Å². The van der Waals surface area contributed by atoms with Gasteiger partial charge in [-0.1, -0.05) is 0 Å². The minimum absolute atomic E-state index is 0.466. The van der Waals surface area contributed by atoms with Crippen LogP contribution in [0, 0.1) is 0 Å². The van der Waals surface area contributed by atoms with Crippen LogP contribution in [0.25, 0.3) is 0 Å². The van der Waals surface area contributed by atoms with Crippen molar-refractivity contribution in [1.82, 2.24) is 10.2 Å². The Morgan fingerprint density at radius 1 is 1.40 bits per heavy atom. The van der Waals surface area contributed by atoms with Gasteiger partial charge >= 0.3 is 0 Å². The van der Waals surface area contributed by atoms with Crippen LogP contribution in [0.15, 0.2) is 10.5 Å². The zero-order valence-electron chi connectivity index (χ0n) is 8.57. The highest BCUT2D eigenvalue weighted by molar-refractivity contribution is 9.10. The summed E-state index contributed by atoms with van der Waals surface area (Å²) in [6.07, 6.45) is 2.04. The number of nitrogens with zero attached hydrogens (tertiary/aromatic N) is 2. The predicted molar refractivity (Wildman–Crippen MR) is 59.1 cm³/mol. The first kappa shape index (κ1) is 10.8. The third kappa shape index (κ3) is 2.46. The van der Waals surface area contributed by atoms with Crippen LogP contribution in [0.5, 0.6) is 5.88 Å². The largest absolute Gasteiger partial charge is 0.479 e. The van der Waals surface area contributed by atoms with E-state index in [1.807, 2.05) is 6.07 Å². The zero-order chi connectivity index (χ0) is 10.7. The van der Waals surface area contributed by atoms with Gasteiger partial charge in [-0.3, -0.25) is 0 Å². The number of rotatable bonds is 2. The molecule has 4 nitrogen and oxygen atoms in total. The molecule has 0 atom stereocenters. The maximum absolute atomic E-state index is 5.31. The molecule has 1 saturated heterocycles. The van der Waals surface area contributed by atoms with E-state index >= 15 is 0 Å². The second kappa shape index (κ2) is 4.90. The molecule has 1 fully saturated rings. The number of hydrogen-bond donors (Lipinski definition) is 0. The van der Waals surface area contributed by atoms with Crippen molar-refractivity contribution in [3.05, 3.63) is 16.2 Å². The molecule has 0 unspecified atom stereocenters. The van der Waals surface area contributed by atoms with Gasteiger partial charge in [0.2, 0.25) is 5.88 Å². The highest BCUT2D eigenvalue weighted by Crippen LogP contribution is 2.29. The molecule has 2 heterocycles. The number of hydrogen-bond acceptors (Lipinski definition) is 4. The molecule has 0 aromatic carbocycles. The molecular weight excluding hydrogens is 260 g/mol. The van der Waals surface area contributed by atoms with Gasteiger partial charge in [0, 0.05) is 19.1 Å². The Balaban J connectivity index is 2.17. The lowest BCUT2D eigenvalue weighted by atomic mass is 9.96. The highest BCUT2D eigenvalue weighted by atomic mass is 79.9. The van der Waals surface area contributed by atoms with Crippen LogP contribution in [0.3, 0.4) is 0 Å². The molecule has 1 aliphatic rings. The SMILES string of the molecule is COc1nnc(C2CCOCC2)cc1Br. The molecule has 1 aromatic rings. The summed E-state index contributed by atoms with van der Waals surface area (Å²) in [4.78, 5) is 0. The average Bonchev–Trinajstić information content (AvgIpc) is 2.30. The Morgan fingerprint density at radius 2 is 2.13 bits per heavy atom. The van der Waals surface area contributed by atoms with E-state index in [-0.39, 0.29) is 0 Å². The quantitative estimate of drug-likeness (QED) is 0.828. The normalized spacial score (nSPS) is 17.7. The molecule has 1 aromatic heterocycles. The minimum atomic E-state index is 0.466. The van der Waals surface area contributed by atoms with Crippen molar-refractivity contribution >= 4 is 15.9 Å². The van der Waals surface area contributed by atoms with E-state index in [0.717, 1.165) is 36.2 Å². The first-order chi connectivity index (χ1) is 7.31. The van der Waals surface area contributed by atoms with Gasteiger partial charge in [-0.2, -0.15) is 5.10 Å². The standard InChI is InChI=1S/C10H13BrN2O2/c1-14-10-8(11)6-9(12-13-10)7-2-4-15-5-3-7/h6-7H,2-5H2,1H3. The van der Waals surface area contributed by atoms with E-state index in [0.29, 0.717) is 11.8 Å². The predicted octanol–water partition coefficient (Wildman–Crippen LogP) is 2.14. The fourth-order valence-electron chi connectivity index (χ4n) is 1.70.